The Balaban J connectivity index is 1.58. The maximum atomic E-state index is 13.2. The Bertz CT molecular complexity index is 1250. The number of benzene rings is 2. The lowest BCUT2D eigenvalue weighted by molar-refractivity contribution is -0.552. The van der Waals surface area contributed by atoms with Crippen molar-refractivity contribution in [2.75, 3.05) is 5.32 Å². The van der Waals surface area contributed by atoms with Crippen molar-refractivity contribution in [3.63, 3.8) is 0 Å². The van der Waals surface area contributed by atoms with Crippen LogP contribution in [0, 0.1) is 6.92 Å². The molecule has 1 aliphatic rings. The van der Waals surface area contributed by atoms with E-state index in [1.807, 2.05) is 61.7 Å². The maximum absolute atomic E-state index is 13.2. The van der Waals surface area contributed by atoms with Crippen LogP contribution in [0.4, 0.5) is 5.82 Å². The van der Waals surface area contributed by atoms with Gasteiger partial charge in [-0.15, -0.1) is 0 Å². The average molecular weight is 431 g/mol. The Labute approximate surface area is 185 Å². The largest absolute Gasteiger partial charge is 0.469 e. The van der Waals surface area contributed by atoms with Crippen LogP contribution in [-0.2, 0) is 12.8 Å². The Morgan fingerprint density at radius 3 is 2.71 bits per heavy atom. The molecule has 1 atom stereocenters. The molecule has 31 heavy (non-hydrogen) atoms. The molecule has 2 aromatic carbocycles. The average Bonchev–Trinajstić information content (AvgIpc) is 3.40. The van der Waals surface area contributed by atoms with Gasteiger partial charge in [0.1, 0.15) is 23.3 Å². The first kappa shape index (κ1) is 19.5. The molecule has 0 bridgehead atoms. The SMILES string of the molecule is Cc1cc(-c2c[n+]3c(c(Cc4ccccc4)n2)NC(Cc2ccco2)C3=O)ccc1Cl. The molecule has 3 heterocycles. The Kier molecular flexibility index (Phi) is 5.04. The van der Waals surface area contributed by atoms with Gasteiger partial charge >= 0.3 is 11.7 Å². The summed E-state index contributed by atoms with van der Waals surface area (Å²) in [6.45, 7) is 1.96. The first-order valence-electron chi connectivity index (χ1n) is 10.2. The molecule has 0 radical (unpaired) electrons. The van der Waals surface area contributed by atoms with Crippen LogP contribution in [0.3, 0.4) is 0 Å². The Hall–Kier alpha value is -3.44. The molecule has 5 rings (SSSR count). The highest BCUT2D eigenvalue weighted by atomic mass is 35.5. The van der Waals surface area contributed by atoms with Gasteiger partial charge in [0.05, 0.1) is 12.7 Å². The predicted octanol–water partition coefficient (Wildman–Crippen LogP) is 4.86. The number of aromatic nitrogens is 2. The number of halogens is 1. The van der Waals surface area contributed by atoms with Gasteiger partial charge in [0, 0.05) is 17.0 Å². The van der Waals surface area contributed by atoms with Gasteiger partial charge in [0.25, 0.3) is 0 Å². The zero-order valence-corrected chi connectivity index (χ0v) is 17.8. The van der Waals surface area contributed by atoms with Crippen molar-refractivity contribution in [1.82, 2.24) is 4.98 Å². The summed E-state index contributed by atoms with van der Waals surface area (Å²) in [4.78, 5) is 18.2. The number of furan rings is 1. The van der Waals surface area contributed by atoms with Crippen LogP contribution >= 0.6 is 11.6 Å². The topological polar surface area (TPSA) is 59.0 Å². The van der Waals surface area contributed by atoms with Gasteiger partial charge in [-0.25, -0.2) is 9.78 Å². The number of nitrogens with zero attached hydrogens (tertiary/aromatic N) is 2. The van der Waals surface area contributed by atoms with Crippen molar-refractivity contribution in [3.8, 4) is 11.3 Å². The zero-order valence-electron chi connectivity index (χ0n) is 17.0. The molecule has 0 spiro atoms. The van der Waals surface area contributed by atoms with Crippen molar-refractivity contribution < 1.29 is 13.8 Å². The van der Waals surface area contributed by atoms with Crippen LogP contribution in [-0.4, -0.2) is 16.9 Å². The Morgan fingerprint density at radius 2 is 1.97 bits per heavy atom. The first-order chi connectivity index (χ1) is 15.1. The highest BCUT2D eigenvalue weighted by Crippen LogP contribution is 2.27. The molecule has 2 aromatic heterocycles. The fourth-order valence-corrected chi connectivity index (χ4v) is 4.02. The Morgan fingerprint density at radius 1 is 1.13 bits per heavy atom. The van der Waals surface area contributed by atoms with Crippen molar-refractivity contribution in [2.24, 2.45) is 0 Å². The number of carbonyl (C=O) groups excluding carboxylic acids is 1. The van der Waals surface area contributed by atoms with Crippen molar-refractivity contribution in [3.05, 3.63) is 101 Å². The molecule has 0 fully saturated rings. The van der Waals surface area contributed by atoms with Gasteiger partial charge in [-0.3, -0.25) is 5.32 Å². The predicted molar refractivity (Wildman–Crippen MR) is 119 cm³/mol. The molecular formula is C25H21ClN3O2+. The third-order valence-electron chi connectivity index (χ3n) is 5.52. The third-order valence-corrected chi connectivity index (χ3v) is 5.95. The second kappa shape index (κ2) is 8.00. The molecule has 0 saturated carbocycles. The molecule has 1 aliphatic heterocycles. The fourth-order valence-electron chi connectivity index (χ4n) is 3.90. The molecule has 1 N–H and O–H groups in total. The molecule has 4 aromatic rings. The van der Waals surface area contributed by atoms with Crippen molar-refractivity contribution in [2.45, 2.75) is 25.8 Å². The molecule has 0 amide bonds. The van der Waals surface area contributed by atoms with Gasteiger partial charge in [-0.1, -0.05) is 48.0 Å². The summed E-state index contributed by atoms with van der Waals surface area (Å²) in [6, 6.07) is 19.2. The van der Waals surface area contributed by atoms with Crippen molar-refractivity contribution >= 4 is 23.3 Å². The summed E-state index contributed by atoms with van der Waals surface area (Å²) in [7, 11) is 0. The maximum Gasteiger partial charge on any atom is 0.359 e. The normalized spacial score (nSPS) is 15.0. The minimum Gasteiger partial charge on any atom is -0.469 e. The second-order valence-corrected chi connectivity index (χ2v) is 8.14. The molecule has 5 nitrogen and oxygen atoms in total. The number of carbonyl (C=O) groups is 1. The number of anilines is 1. The molecule has 0 aliphatic carbocycles. The highest BCUT2D eigenvalue weighted by molar-refractivity contribution is 6.31. The van der Waals surface area contributed by atoms with E-state index in [2.05, 4.69) is 17.4 Å². The summed E-state index contributed by atoms with van der Waals surface area (Å²) in [6.07, 6.45) is 4.53. The zero-order chi connectivity index (χ0) is 21.4. The van der Waals surface area contributed by atoms with Crippen LogP contribution in [0.25, 0.3) is 11.3 Å². The molecule has 1 unspecified atom stereocenters. The van der Waals surface area contributed by atoms with E-state index < -0.39 is 6.04 Å². The number of rotatable bonds is 5. The standard InChI is InChI=1S/C25H20ClN3O2/c1-16-12-18(9-10-20(16)26)23-15-29-24(21(27-23)13-17-6-3-2-4-7-17)28-22(25(29)30)14-19-8-5-11-31-19/h2-12,15,22H,13-14H2,1H3/p+1. The van der Waals surface area contributed by atoms with E-state index in [1.54, 1.807) is 10.8 Å². The number of hydrogen-bond donors (Lipinski definition) is 1. The van der Waals surface area contributed by atoms with Gasteiger partial charge in [0.15, 0.2) is 0 Å². The first-order valence-corrected chi connectivity index (χ1v) is 10.6. The molecule has 0 saturated heterocycles. The summed E-state index contributed by atoms with van der Waals surface area (Å²) in [5, 5.41) is 4.09. The van der Waals surface area contributed by atoms with E-state index >= 15 is 0 Å². The van der Waals surface area contributed by atoms with E-state index in [-0.39, 0.29) is 5.91 Å². The molecule has 6 heteroatoms. The number of nitrogens with one attached hydrogen (secondary N) is 1. The van der Waals surface area contributed by atoms with Crippen LogP contribution in [0.2, 0.25) is 5.02 Å². The van der Waals surface area contributed by atoms with E-state index in [0.717, 1.165) is 39.7 Å². The lowest BCUT2D eigenvalue weighted by atomic mass is 10.1. The van der Waals surface area contributed by atoms with E-state index in [4.69, 9.17) is 21.0 Å². The highest BCUT2D eigenvalue weighted by Gasteiger charge is 2.41. The summed E-state index contributed by atoms with van der Waals surface area (Å²) >= 11 is 6.21. The number of fused-ring (bicyclic) bond motifs is 1. The monoisotopic (exact) mass is 430 g/mol. The second-order valence-electron chi connectivity index (χ2n) is 7.74. The van der Waals surface area contributed by atoms with Crippen LogP contribution < -0.4 is 9.88 Å². The van der Waals surface area contributed by atoms with Crippen molar-refractivity contribution in [1.29, 1.82) is 0 Å². The lowest BCUT2D eigenvalue weighted by Gasteiger charge is -2.08. The van der Waals surface area contributed by atoms with Gasteiger partial charge in [-0.05, 0) is 42.3 Å². The molecular weight excluding hydrogens is 410 g/mol. The summed E-state index contributed by atoms with van der Waals surface area (Å²) in [5.74, 6) is 1.49. The van der Waals surface area contributed by atoms with Crippen LogP contribution in [0.15, 0.2) is 77.5 Å². The quantitative estimate of drug-likeness (QED) is 0.459. The van der Waals surface area contributed by atoms with E-state index in [1.165, 1.54) is 0 Å². The fraction of sp³-hybridized carbons (Fsp3) is 0.160. The van der Waals surface area contributed by atoms with Gasteiger partial charge in [0.2, 0.25) is 6.04 Å². The van der Waals surface area contributed by atoms with Gasteiger partial charge < -0.3 is 4.42 Å². The van der Waals surface area contributed by atoms with E-state index in [9.17, 15) is 4.79 Å². The minimum atomic E-state index is -0.398. The molecule has 154 valence electrons. The van der Waals surface area contributed by atoms with Gasteiger partial charge in [-0.2, -0.15) is 4.57 Å². The van der Waals surface area contributed by atoms with E-state index in [0.29, 0.717) is 17.9 Å². The van der Waals surface area contributed by atoms with Crippen LogP contribution in [0.1, 0.15) is 27.4 Å². The third kappa shape index (κ3) is 3.84. The number of aryl methyl sites for hydroxylation is 1. The smallest absolute Gasteiger partial charge is 0.359 e. The van der Waals surface area contributed by atoms with Crippen LogP contribution in [0.5, 0.6) is 0 Å². The minimum absolute atomic E-state index is 0.0185. The summed E-state index contributed by atoms with van der Waals surface area (Å²) < 4.78 is 7.15. The summed E-state index contributed by atoms with van der Waals surface area (Å²) in [5.41, 5.74) is 4.59. The lowest BCUT2D eigenvalue weighted by Crippen LogP contribution is -2.44. The number of hydrogen-bond acceptors (Lipinski definition) is 4.